The first-order chi connectivity index (χ1) is 13.2. The number of halogens is 1. The quantitative estimate of drug-likeness (QED) is 0.484. The van der Waals surface area contributed by atoms with E-state index in [1.54, 1.807) is 0 Å². The van der Waals surface area contributed by atoms with Crippen molar-refractivity contribution in [3.05, 3.63) is 77.1 Å². The Hall–Kier alpha value is -2.95. The summed E-state index contributed by atoms with van der Waals surface area (Å²) in [5.74, 6) is 1.44. The molecule has 27 heavy (non-hydrogen) atoms. The maximum Gasteiger partial charge on any atom is 0.154 e. The van der Waals surface area contributed by atoms with Crippen LogP contribution < -0.4 is 11.1 Å². The molecule has 4 aromatic rings. The van der Waals surface area contributed by atoms with Gasteiger partial charge in [-0.25, -0.2) is 9.97 Å². The van der Waals surface area contributed by atoms with Crippen LogP contribution in [-0.2, 0) is 0 Å². The van der Waals surface area contributed by atoms with Crippen molar-refractivity contribution >= 4 is 51.2 Å². The lowest BCUT2D eigenvalue weighted by Crippen LogP contribution is -2.14. The molecule has 0 saturated carbocycles. The molecule has 4 nitrogen and oxygen atoms in total. The summed E-state index contributed by atoms with van der Waals surface area (Å²) >= 11 is 5.94. The zero-order valence-electron chi connectivity index (χ0n) is 14.7. The molecular formula is C22H19ClN4. The van der Waals surface area contributed by atoms with Crippen molar-refractivity contribution in [3.8, 4) is 0 Å². The Kier molecular flexibility index (Phi) is 5.01. The first-order valence-corrected chi connectivity index (χ1v) is 9.19. The number of nitrogens with one attached hydrogen (secondary N) is 1. The van der Waals surface area contributed by atoms with E-state index < -0.39 is 0 Å². The number of nitrogens with zero attached hydrogens (tertiary/aromatic N) is 2. The van der Waals surface area contributed by atoms with E-state index in [0.29, 0.717) is 23.9 Å². The van der Waals surface area contributed by atoms with Gasteiger partial charge < -0.3 is 11.1 Å². The van der Waals surface area contributed by atoms with E-state index in [9.17, 15) is 0 Å². The first-order valence-electron chi connectivity index (χ1n) is 8.81. The Morgan fingerprint density at radius 3 is 2.41 bits per heavy atom. The van der Waals surface area contributed by atoms with Gasteiger partial charge in [-0.05, 0) is 46.7 Å². The molecule has 0 spiro atoms. The maximum atomic E-state index is 5.94. The lowest BCUT2D eigenvalue weighted by molar-refractivity contribution is 1.01. The number of fused-ring (bicyclic) bond motifs is 2. The number of aromatic nitrogens is 2. The predicted octanol–water partition coefficient (Wildman–Crippen LogP) is 4.98. The Morgan fingerprint density at radius 2 is 1.67 bits per heavy atom. The van der Waals surface area contributed by atoms with Gasteiger partial charge in [0, 0.05) is 23.5 Å². The number of anilines is 1. The summed E-state index contributed by atoms with van der Waals surface area (Å²) in [5.41, 5.74) is 7.61. The van der Waals surface area contributed by atoms with Crippen LogP contribution >= 0.6 is 11.6 Å². The fourth-order valence-electron chi connectivity index (χ4n) is 2.98. The van der Waals surface area contributed by atoms with Crippen LogP contribution in [0, 0.1) is 0 Å². The van der Waals surface area contributed by atoms with Crippen LogP contribution in [0.25, 0.3) is 33.8 Å². The second kappa shape index (κ2) is 7.74. The summed E-state index contributed by atoms with van der Waals surface area (Å²) in [5, 5.41) is 7.34. The van der Waals surface area contributed by atoms with E-state index >= 15 is 0 Å². The summed E-state index contributed by atoms with van der Waals surface area (Å²) in [6.07, 6.45) is 3.89. The summed E-state index contributed by atoms with van der Waals surface area (Å²) in [4.78, 5) is 9.42. The zero-order valence-corrected chi connectivity index (χ0v) is 15.4. The van der Waals surface area contributed by atoms with E-state index in [0.717, 1.165) is 33.1 Å². The molecule has 3 aromatic carbocycles. The van der Waals surface area contributed by atoms with Gasteiger partial charge in [-0.1, -0.05) is 54.1 Å². The van der Waals surface area contributed by atoms with Gasteiger partial charge in [-0.15, -0.1) is 0 Å². The SMILES string of the molecule is NCCNc1nc(/C=C/c2ccc(Cl)cc2)nc2cc3ccccc3cc12. The van der Waals surface area contributed by atoms with Crippen LogP contribution in [0.2, 0.25) is 5.02 Å². The average molecular weight is 375 g/mol. The van der Waals surface area contributed by atoms with Crippen LogP contribution in [0.15, 0.2) is 60.7 Å². The molecular weight excluding hydrogens is 356 g/mol. The molecule has 0 aliphatic carbocycles. The van der Waals surface area contributed by atoms with Crippen molar-refractivity contribution in [2.24, 2.45) is 5.73 Å². The monoisotopic (exact) mass is 374 g/mol. The molecule has 0 atom stereocenters. The molecule has 0 bridgehead atoms. The smallest absolute Gasteiger partial charge is 0.154 e. The molecule has 0 radical (unpaired) electrons. The largest absolute Gasteiger partial charge is 0.368 e. The number of hydrogen-bond acceptors (Lipinski definition) is 4. The van der Waals surface area contributed by atoms with Crippen molar-refractivity contribution in [3.63, 3.8) is 0 Å². The standard InChI is InChI=1S/C22H19ClN4/c23-18-8-5-15(6-9-18)7-10-21-26-20-14-17-4-2-1-3-16(17)13-19(20)22(27-21)25-12-11-24/h1-10,13-14H,11-12,24H2,(H,25,26,27)/b10-7+. The van der Waals surface area contributed by atoms with Gasteiger partial charge >= 0.3 is 0 Å². The number of nitrogens with two attached hydrogens (primary N) is 1. The van der Waals surface area contributed by atoms with E-state index in [1.807, 2.05) is 48.6 Å². The molecule has 5 heteroatoms. The number of hydrogen-bond donors (Lipinski definition) is 2. The molecule has 0 saturated heterocycles. The molecule has 134 valence electrons. The highest BCUT2D eigenvalue weighted by Gasteiger charge is 2.08. The normalized spacial score (nSPS) is 11.5. The van der Waals surface area contributed by atoms with E-state index in [2.05, 4.69) is 34.6 Å². The van der Waals surface area contributed by atoms with Gasteiger partial charge in [-0.3, -0.25) is 0 Å². The van der Waals surface area contributed by atoms with E-state index in [1.165, 1.54) is 0 Å². The van der Waals surface area contributed by atoms with Crippen LogP contribution in [0.3, 0.4) is 0 Å². The van der Waals surface area contributed by atoms with Gasteiger partial charge in [0.1, 0.15) is 5.82 Å². The Morgan fingerprint density at radius 1 is 0.926 bits per heavy atom. The molecule has 0 amide bonds. The van der Waals surface area contributed by atoms with Crippen molar-refractivity contribution in [2.75, 3.05) is 18.4 Å². The third-order valence-corrected chi connectivity index (χ3v) is 4.56. The zero-order chi connectivity index (χ0) is 18.6. The van der Waals surface area contributed by atoms with Crippen LogP contribution in [-0.4, -0.2) is 23.1 Å². The lowest BCUT2D eigenvalue weighted by Gasteiger charge is -2.10. The molecule has 1 aromatic heterocycles. The molecule has 0 fully saturated rings. The van der Waals surface area contributed by atoms with Gasteiger partial charge in [0.15, 0.2) is 5.82 Å². The third kappa shape index (κ3) is 3.92. The number of rotatable bonds is 5. The number of benzene rings is 3. The van der Waals surface area contributed by atoms with E-state index in [4.69, 9.17) is 22.3 Å². The fourth-order valence-corrected chi connectivity index (χ4v) is 3.10. The molecule has 0 aliphatic rings. The molecule has 0 unspecified atom stereocenters. The highest BCUT2D eigenvalue weighted by molar-refractivity contribution is 6.30. The van der Waals surface area contributed by atoms with Crippen LogP contribution in [0.4, 0.5) is 5.82 Å². The van der Waals surface area contributed by atoms with Crippen LogP contribution in [0.1, 0.15) is 11.4 Å². The summed E-state index contributed by atoms with van der Waals surface area (Å²) in [6.45, 7) is 1.19. The van der Waals surface area contributed by atoms with Gasteiger partial charge in [0.25, 0.3) is 0 Å². The van der Waals surface area contributed by atoms with Gasteiger partial charge in [-0.2, -0.15) is 0 Å². The third-order valence-electron chi connectivity index (χ3n) is 4.31. The molecule has 0 aliphatic heterocycles. The molecule has 1 heterocycles. The van der Waals surface area contributed by atoms with Crippen molar-refractivity contribution in [1.82, 2.24) is 9.97 Å². The topological polar surface area (TPSA) is 63.8 Å². The second-order valence-corrected chi connectivity index (χ2v) is 6.68. The summed E-state index contributed by atoms with van der Waals surface area (Å²) in [6, 6.07) is 20.1. The second-order valence-electron chi connectivity index (χ2n) is 6.25. The minimum Gasteiger partial charge on any atom is -0.368 e. The van der Waals surface area contributed by atoms with Crippen LogP contribution in [0.5, 0.6) is 0 Å². The van der Waals surface area contributed by atoms with Crippen molar-refractivity contribution in [2.45, 2.75) is 0 Å². The van der Waals surface area contributed by atoms with Crippen molar-refractivity contribution in [1.29, 1.82) is 0 Å². The van der Waals surface area contributed by atoms with Gasteiger partial charge in [0.05, 0.1) is 5.52 Å². The minimum absolute atomic E-state index is 0.537. The summed E-state index contributed by atoms with van der Waals surface area (Å²) in [7, 11) is 0. The lowest BCUT2D eigenvalue weighted by atomic mass is 10.1. The Balaban J connectivity index is 1.80. The first kappa shape index (κ1) is 17.5. The minimum atomic E-state index is 0.537. The van der Waals surface area contributed by atoms with Gasteiger partial charge in [0.2, 0.25) is 0 Å². The van der Waals surface area contributed by atoms with E-state index in [-0.39, 0.29) is 0 Å². The highest BCUT2D eigenvalue weighted by atomic mass is 35.5. The molecule has 3 N–H and O–H groups in total. The highest BCUT2D eigenvalue weighted by Crippen LogP contribution is 2.26. The Bertz CT molecular complexity index is 1120. The average Bonchev–Trinajstić information content (AvgIpc) is 2.70. The molecule has 4 rings (SSSR count). The Labute approximate surface area is 162 Å². The summed E-state index contributed by atoms with van der Waals surface area (Å²) < 4.78 is 0. The van der Waals surface area contributed by atoms with Crippen molar-refractivity contribution < 1.29 is 0 Å². The fraction of sp³-hybridized carbons (Fsp3) is 0.0909. The predicted molar refractivity (Wildman–Crippen MR) is 115 cm³/mol. The maximum absolute atomic E-state index is 5.94.